The van der Waals surface area contributed by atoms with Crippen LogP contribution in [0.5, 0.6) is 0 Å². The fourth-order valence-electron chi connectivity index (χ4n) is 4.95. The summed E-state index contributed by atoms with van der Waals surface area (Å²) in [6.07, 6.45) is 9.76. The van der Waals surface area contributed by atoms with E-state index >= 15 is 0 Å². The van der Waals surface area contributed by atoms with E-state index in [4.69, 9.17) is 0 Å². The molecule has 2 aliphatic rings. The average Bonchev–Trinajstić information content (AvgIpc) is 2.97. The van der Waals surface area contributed by atoms with Gasteiger partial charge in [0.2, 0.25) is 0 Å². The number of methoxy groups -OCH3 is 1. The summed E-state index contributed by atoms with van der Waals surface area (Å²) in [6, 6.07) is 4.70. The van der Waals surface area contributed by atoms with Gasteiger partial charge in [-0.3, -0.25) is 5.10 Å². The maximum atomic E-state index is 10.1. The van der Waals surface area contributed by atoms with Crippen molar-refractivity contribution in [3.63, 3.8) is 0 Å². The lowest BCUT2D eigenvalue weighted by Gasteiger charge is -2.46. The highest BCUT2D eigenvalue weighted by molar-refractivity contribution is 5.80. The highest BCUT2D eigenvalue weighted by Crippen LogP contribution is 2.51. The second-order valence-corrected chi connectivity index (χ2v) is 7.40. The van der Waals surface area contributed by atoms with Gasteiger partial charge in [0.05, 0.1) is 17.8 Å². The second kappa shape index (κ2) is 7.24. The molecule has 2 aliphatic carbocycles. The molecule has 0 aliphatic heterocycles. The van der Waals surface area contributed by atoms with Crippen LogP contribution >= 0.6 is 0 Å². The Morgan fingerprint density at radius 2 is 2.12 bits per heavy atom. The molecule has 4 rings (SSSR count). The van der Waals surface area contributed by atoms with Gasteiger partial charge in [-0.05, 0) is 79.5 Å². The summed E-state index contributed by atoms with van der Waals surface area (Å²) in [5.41, 5.74) is 4.49. The molecular formula is C20H30N2O2. The van der Waals surface area contributed by atoms with Crippen LogP contribution < -0.4 is 0 Å². The Morgan fingerprint density at radius 1 is 1.33 bits per heavy atom. The Hall–Kier alpha value is -1.39. The molecule has 2 aromatic rings. The van der Waals surface area contributed by atoms with Crippen LogP contribution in [0.15, 0.2) is 18.3 Å². The minimum absolute atomic E-state index is 0.0890. The van der Waals surface area contributed by atoms with Crippen molar-refractivity contribution < 1.29 is 9.84 Å². The van der Waals surface area contributed by atoms with Gasteiger partial charge in [-0.15, -0.1) is 0 Å². The summed E-state index contributed by atoms with van der Waals surface area (Å²) in [5.74, 6) is 0.636. The summed E-state index contributed by atoms with van der Waals surface area (Å²) < 4.78 is 4.25. The van der Waals surface area contributed by atoms with Crippen LogP contribution in [0.1, 0.15) is 56.6 Å². The highest BCUT2D eigenvalue weighted by Gasteiger charge is 2.45. The van der Waals surface area contributed by atoms with Crippen LogP contribution in [-0.4, -0.2) is 35.6 Å². The molecule has 1 saturated carbocycles. The van der Waals surface area contributed by atoms with Crippen LogP contribution in [0.25, 0.3) is 10.9 Å². The maximum Gasteiger partial charge on any atom is 0.0653 e. The fraction of sp³-hybridized carbons (Fsp3) is 0.650. The first-order valence-electron chi connectivity index (χ1n) is 9.19. The number of nitrogens with one attached hydrogen (secondary N) is 1. The molecule has 1 fully saturated rings. The largest absolute Gasteiger partial charge is 0.393 e. The predicted molar refractivity (Wildman–Crippen MR) is 97.3 cm³/mol. The number of rotatable bonds is 1. The molecule has 0 saturated heterocycles. The van der Waals surface area contributed by atoms with Crippen molar-refractivity contribution in [1.29, 1.82) is 0 Å². The molecular weight excluding hydrogens is 300 g/mol. The lowest BCUT2D eigenvalue weighted by Crippen LogP contribution is -2.41. The standard InChI is InChI=1S/C18H24N2O.C2H6O/c1-2-18-7-6-15(21)10-14(18)5-3-4-12-9-17-13(8-16(12)18)11-19-20-17;1-3-2/h8-9,11,14-15,21H,2-7,10H2,1H3,(H,19,20);1-2H3. The van der Waals surface area contributed by atoms with Crippen LogP contribution in [0, 0.1) is 5.92 Å². The summed E-state index contributed by atoms with van der Waals surface area (Å²) >= 11 is 0. The summed E-state index contributed by atoms with van der Waals surface area (Å²) in [7, 11) is 3.25. The number of aromatic amines is 1. The van der Waals surface area contributed by atoms with E-state index in [1.807, 2.05) is 6.20 Å². The topological polar surface area (TPSA) is 58.1 Å². The van der Waals surface area contributed by atoms with E-state index in [1.165, 1.54) is 36.6 Å². The molecule has 3 atom stereocenters. The molecule has 24 heavy (non-hydrogen) atoms. The van der Waals surface area contributed by atoms with Gasteiger partial charge in [0.15, 0.2) is 0 Å². The van der Waals surface area contributed by atoms with E-state index in [9.17, 15) is 5.11 Å². The molecule has 0 radical (unpaired) electrons. The number of ether oxygens (including phenoxy) is 1. The molecule has 4 nitrogen and oxygen atoms in total. The van der Waals surface area contributed by atoms with Crippen molar-refractivity contribution in [1.82, 2.24) is 10.2 Å². The smallest absolute Gasteiger partial charge is 0.0653 e. The number of hydrogen-bond donors (Lipinski definition) is 2. The van der Waals surface area contributed by atoms with Crippen LogP contribution in [-0.2, 0) is 16.6 Å². The molecule has 132 valence electrons. The van der Waals surface area contributed by atoms with Crippen molar-refractivity contribution >= 4 is 10.9 Å². The first kappa shape index (κ1) is 17.4. The Kier molecular flexibility index (Phi) is 5.26. The van der Waals surface area contributed by atoms with Crippen LogP contribution in [0.2, 0.25) is 0 Å². The maximum absolute atomic E-state index is 10.1. The molecule has 0 amide bonds. The van der Waals surface area contributed by atoms with E-state index in [0.717, 1.165) is 24.8 Å². The van der Waals surface area contributed by atoms with E-state index in [1.54, 1.807) is 19.8 Å². The number of benzene rings is 1. The second-order valence-electron chi connectivity index (χ2n) is 7.40. The first-order chi connectivity index (χ1) is 11.6. The number of aliphatic hydroxyl groups is 1. The average molecular weight is 330 g/mol. The van der Waals surface area contributed by atoms with Crippen molar-refractivity contribution in [2.75, 3.05) is 14.2 Å². The van der Waals surface area contributed by atoms with Crippen molar-refractivity contribution in [2.24, 2.45) is 5.92 Å². The molecule has 3 unspecified atom stereocenters. The molecule has 1 aromatic heterocycles. The number of aliphatic hydroxyl groups excluding tert-OH is 1. The van der Waals surface area contributed by atoms with Gasteiger partial charge in [0.1, 0.15) is 0 Å². The third-order valence-electron chi connectivity index (χ3n) is 6.09. The number of hydrogen-bond acceptors (Lipinski definition) is 3. The fourth-order valence-corrected chi connectivity index (χ4v) is 4.95. The number of nitrogens with zero attached hydrogens (tertiary/aromatic N) is 1. The van der Waals surface area contributed by atoms with Gasteiger partial charge in [-0.25, -0.2) is 0 Å². The van der Waals surface area contributed by atoms with Crippen molar-refractivity contribution in [2.45, 2.75) is 63.4 Å². The molecule has 0 spiro atoms. The van der Waals surface area contributed by atoms with Crippen LogP contribution in [0.4, 0.5) is 0 Å². The van der Waals surface area contributed by atoms with Crippen LogP contribution in [0.3, 0.4) is 0 Å². The van der Waals surface area contributed by atoms with Gasteiger partial charge in [0.25, 0.3) is 0 Å². The number of fused-ring (bicyclic) bond motifs is 4. The Labute approximate surface area is 144 Å². The summed E-state index contributed by atoms with van der Waals surface area (Å²) in [5, 5.41) is 18.7. The van der Waals surface area contributed by atoms with Crippen molar-refractivity contribution in [3.05, 3.63) is 29.5 Å². The SMILES string of the molecule is CCC12CCC(O)CC1CCCc1cc3[nH]ncc3cc12.COC. The molecule has 0 bridgehead atoms. The lowest BCUT2D eigenvalue weighted by atomic mass is 9.59. The van der Waals surface area contributed by atoms with E-state index in [0.29, 0.717) is 5.92 Å². The Bertz CT molecular complexity index is 681. The van der Waals surface area contributed by atoms with E-state index in [2.05, 4.69) is 34.0 Å². The van der Waals surface area contributed by atoms with Gasteiger partial charge in [-0.2, -0.15) is 5.10 Å². The van der Waals surface area contributed by atoms with E-state index < -0.39 is 0 Å². The number of aromatic nitrogens is 2. The summed E-state index contributed by atoms with van der Waals surface area (Å²) in [6.45, 7) is 2.33. The number of aryl methyl sites for hydroxylation is 1. The zero-order chi connectivity index (χ0) is 17.2. The highest BCUT2D eigenvalue weighted by atomic mass is 16.4. The zero-order valence-electron chi connectivity index (χ0n) is 15.1. The van der Waals surface area contributed by atoms with E-state index in [-0.39, 0.29) is 11.5 Å². The quantitative estimate of drug-likeness (QED) is 0.832. The normalized spacial score (nSPS) is 29.2. The lowest BCUT2D eigenvalue weighted by molar-refractivity contribution is 0.0452. The van der Waals surface area contributed by atoms with Gasteiger partial charge < -0.3 is 9.84 Å². The minimum atomic E-state index is -0.0890. The van der Waals surface area contributed by atoms with Gasteiger partial charge in [-0.1, -0.05) is 6.92 Å². The molecule has 1 heterocycles. The first-order valence-corrected chi connectivity index (χ1v) is 9.19. The predicted octanol–water partition coefficient (Wildman–Crippen LogP) is 3.97. The number of H-pyrrole nitrogens is 1. The summed E-state index contributed by atoms with van der Waals surface area (Å²) in [4.78, 5) is 0. The van der Waals surface area contributed by atoms with Gasteiger partial charge >= 0.3 is 0 Å². The van der Waals surface area contributed by atoms with Crippen molar-refractivity contribution in [3.8, 4) is 0 Å². The minimum Gasteiger partial charge on any atom is -0.393 e. The Morgan fingerprint density at radius 3 is 2.88 bits per heavy atom. The molecule has 1 aromatic carbocycles. The third kappa shape index (κ3) is 2.98. The molecule has 4 heteroatoms. The molecule has 2 N–H and O–H groups in total. The monoisotopic (exact) mass is 330 g/mol. The third-order valence-corrected chi connectivity index (χ3v) is 6.09. The van der Waals surface area contributed by atoms with Gasteiger partial charge in [0, 0.05) is 19.6 Å². The Balaban J connectivity index is 0.000000526. The zero-order valence-corrected chi connectivity index (χ0v) is 15.1.